The van der Waals surface area contributed by atoms with E-state index < -0.39 is 5.56 Å². The number of aromatic nitrogens is 2. The second-order valence-corrected chi connectivity index (χ2v) is 10.0. The molecule has 2 fully saturated rings. The van der Waals surface area contributed by atoms with Crippen molar-refractivity contribution < 1.29 is 9.59 Å². The van der Waals surface area contributed by atoms with Crippen molar-refractivity contribution in [2.24, 2.45) is 0 Å². The van der Waals surface area contributed by atoms with Crippen LogP contribution in [0.4, 0.5) is 4.79 Å². The number of likely N-dealkylation sites (N-methyl/N-ethyl adjacent to an activating group) is 1. The van der Waals surface area contributed by atoms with Crippen molar-refractivity contribution in [2.75, 3.05) is 59.4 Å². The van der Waals surface area contributed by atoms with Crippen molar-refractivity contribution in [3.05, 3.63) is 27.9 Å². The van der Waals surface area contributed by atoms with E-state index in [-0.39, 0.29) is 29.0 Å². The molecular weight excluding hydrogens is 422 g/mol. The molecule has 1 aromatic rings. The number of amides is 3. The van der Waals surface area contributed by atoms with E-state index in [1.54, 1.807) is 6.20 Å². The number of fused-ring (bicyclic) bond motifs is 2. The number of nitrogens with one attached hydrogen (secondary N) is 2. The van der Waals surface area contributed by atoms with Crippen LogP contribution in [0.1, 0.15) is 49.3 Å². The lowest BCUT2D eigenvalue weighted by atomic mass is 9.85. The van der Waals surface area contributed by atoms with Crippen LogP contribution in [0.25, 0.3) is 0 Å². The van der Waals surface area contributed by atoms with Crippen LogP contribution in [-0.4, -0.2) is 102 Å². The van der Waals surface area contributed by atoms with Crippen molar-refractivity contribution in [3.8, 4) is 0 Å². The molecule has 2 N–H and O–H groups in total. The molecule has 0 unspecified atom stereocenters. The van der Waals surface area contributed by atoms with Crippen molar-refractivity contribution in [1.82, 2.24) is 34.9 Å². The Bertz CT molecular complexity index is 938. The SMILES string of the molecule is CC(C)NC(=O)N1CC[C@]2(CCn3cc(C(=O)NCCCN4CCN(C)CC4)c(=O)nc32)C1. The van der Waals surface area contributed by atoms with Gasteiger partial charge in [-0.15, -0.1) is 0 Å². The summed E-state index contributed by atoms with van der Waals surface area (Å²) >= 11 is 0. The Morgan fingerprint density at radius 1 is 1.12 bits per heavy atom. The third-order valence-corrected chi connectivity index (χ3v) is 7.13. The fourth-order valence-corrected chi connectivity index (χ4v) is 5.13. The van der Waals surface area contributed by atoms with Crippen LogP contribution in [-0.2, 0) is 12.0 Å². The number of piperazine rings is 1. The Morgan fingerprint density at radius 3 is 2.58 bits per heavy atom. The minimum Gasteiger partial charge on any atom is -0.352 e. The number of aryl methyl sites for hydroxylation is 1. The van der Waals surface area contributed by atoms with Crippen LogP contribution in [0, 0.1) is 0 Å². The maximum absolute atomic E-state index is 12.7. The zero-order chi connectivity index (χ0) is 23.6. The number of hydrogen-bond acceptors (Lipinski definition) is 6. The lowest BCUT2D eigenvalue weighted by Gasteiger charge is -2.32. The maximum atomic E-state index is 12.7. The van der Waals surface area contributed by atoms with Gasteiger partial charge in [0.05, 0.1) is 0 Å². The Morgan fingerprint density at radius 2 is 1.85 bits per heavy atom. The summed E-state index contributed by atoms with van der Waals surface area (Å²) < 4.78 is 1.93. The monoisotopic (exact) mass is 459 g/mol. The smallest absolute Gasteiger partial charge is 0.317 e. The molecule has 0 saturated carbocycles. The topological polar surface area (TPSA) is 103 Å². The molecule has 3 aliphatic rings. The van der Waals surface area contributed by atoms with Crippen LogP contribution in [0.3, 0.4) is 0 Å². The number of carbonyl (C=O) groups is 2. The van der Waals surface area contributed by atoms with Crippen LogP contribution in [0.5, 0.6) is 0 Å². The van der Waals surface area contributed by atoms with Crippen molar-refractivity contribution in [3.63, 3.8) is 0 Å². The molecule has 10 heteroatoms. The first-order valence-corrected chi connectivity index (χ1v) is 12.1. The van der Waals surface area contributed by atoms with E-state index in [1.807, 2.05) is 23.3 Å². The molecule has 1 spiro atoms. The quantitative estimate of drug-likeness (QED) is 0.584. The van der Waals surface area contributed by atoms with E-state index >= 15 is 0 Å². The van der Waals surface area contributed by atoms with Crippen LogP contribution in [0.15, 0.2) is 11.0 Å². The average Bonchev–Trinajstić information content (AvgIpc) is 3.36. The highest BCUT2D eigenvalue weighted by molar-refractivity contribution is 5.93. The zero-order valence-corrected chi connectivity index (χ0v) is 20.1. The van der Waals surface area contributed by atoms with E-state index in [0.717, 1.165) is 52.0 Å². The van der Waals surface area contributed by atoms with Gasteiger partial charge in [0.1, 0.15) is 11.4 Å². The largest absolute Gasteiger partial charge is 0.352 e. The molecule has 33 heavy (non-hydrogen) atoms. The predicted octanol–water partition coefficient (Wildman–Crippen LogP) is 0.0758. The molecule has 1 aromatic heterocycles. The molecule has 0 radical (unpaired) electrons. The number of nitrogens with zero attached hydrogens (tertiary/aromatic N) is 5. The van der Waals surface area contributed by atoms with E-state index in [4.69, 9.17) is 0 Å². The van der Waals surface area contributed by atoms with Crippen LogP contribution < -0.4 is 16.2 Å². The van der Waals surface area contributed by atoms with Crippen LogP contribution >= 0.6 is 0 Å². The summed E-state index contributed by atoms with van der Waals surface area (Å²) in [4.78, 5) is 48.7. The number of likely N-dealkylation sites (tertiary alicyclic amines) is 1. The van der Waals surface area contributed by atoms with Crippen LogP contribution in [0.2, 0.25) is 0 Å². The third kappa shape index (κ3) is 5.22. The Kier molecular flexibility index (Phi) is 7.04. The number of hydrogen-bond donors (Lipinski definition) is 2. The highest BCUT2D eigenvalue weighted by Gasteiger charge is 2.47. The minimum atomic E-state index is -0.482. The first-order valence-electron chi connectivity index (χ1n) is 12.1. The second-order valence-electron chi connectivity index (χ2n) is 10.0. The van der Waals surface area contributed by atoms with E-state index in [2.05, 4.69) is 32.5 Å². The van der Waals surface area contributed by atoms with Gasteiger partial charge in [0.2, 0.25) is 0 Å². The van der Waals surface area contributed by atoms with Crippen molar-refractivity contribution in [1.29, 1.82) is 0 Å². The molecule has 1 atom stereocenters. The van der Waals surface area contributed by atoms with Gasteiger partial charge in [0, 0.05) is 70.0 Å². The Balaban J connectivity index is 1.34. The van der Waals surface area contributed by atoms with Gasteiger partial charge in [-0.25, -0.2) is 4.79 Å². The number of rotatable bonds is 6. The van der Waals surface area contributed by atoms with Gasteiger partial charge in [-0.1, -0.05) is 0 Å². The fraction of sp³-hybridized carbons (Fsp3) is 0.739. The lowest BCUT2D eigenvalue weighted by molar-refractivity contribution is 0.0947. The summed E-state index contributed by atoms with van der Waals surface area (Å²) in [5, 5.41) is 5.83. The van der Waals surface area contributed by atoms with E-state index in [1.165, 1.54) is 0 Å². The molecule has 0 aliphatic carbocycles. The van der Waals surface area contributed by atoms with E-state index in [9.17, 15) is 14.4 Å². The molecule has 4 heterocycles. The summed E-state index contributed by atoms with van der Waals surface area (Å²) in [6.45, 7) is 11.5. The summed E-state index contributed by atoms with van der Waals surface area (Å²) in [6.07, 6.45) is 4.11. The third-order valence-electron chi connectivity index (χ3n) is 7.13. The minimum absolute atomic E-state index is 0.0738. The highest BCUT2D eigenvalue weighted by atomic mass is 16.2. The van der Waals surface area contributed by atoms with Gasteiger partial charge in [0.15, 0.2) is 0 Å². The molecule has 3 aliphatic heterocycles. The number of carbonyl (C=O) groups excluding carboxylic acids is 2. The average molecular weight is 460 g/mol. The van der Waals surface area contributed by atoms with Gasteiger partial charge in [-0.2, -0.15) is 4.98 Å². The van der Waals surface area contributed by atoms with Crippen molar-refractivity contribution >= 4 is 11.9 Å². The van der Waals surface area contributed by atoms with Gasteiger partial charge < -0.3 is 29.9 Å². The van der Waals surface area contributed by atoms with Gasteiger partial charge in [-0.3, -0.25) is 9.59 Å². The van der Waals surface area contributed by atoms with Gasteiger partial charge in [-0.05, 0) is 46.7 Å². The molecule has 4 rings (SSSR count). The highest BCUT2D eigenvalue weighted by Crippen LogP contribution is 2.41. The molecule has 10 nitrogen and oxygen atoms in total. The zero-order valence-electron chi connectivity index (χ0n) is 20.1. The normalized spacial score (nSPS) is 23.3. The summed E-state index contributed by atoms with van der Waals surface area (Å²) in [7, 11) is 2.13. The molecule has 182 valence electrons. The van der Waals surface area contributed by atoms with Gasteiger partial charge >= 0.3 is 6.03 Å². The van der Waals surface area contributed by atoms with Crippen molar-refractivity contribution in [2.45, 2.75) is 51.1 Å². The van der Waals surface area contributed by atoms with Gasteiger partial charge in [0.25, 0.3) is 11.5 Å². The second kappa shape index (κ2) is 9.80. The molecule has 3 amide bonds. The molecule has 0 aromatic carbocycles. The lowest BCUT2D eigenvalue weighted by Crippen LogP contribution is -2.45. The Labute approximate surface area is 195 Å². The fourth-order valence-electron chi connectivity index (χ4n) is 5.13. The first kappa shape index (κ1) is 23.7. The summed E-state index contributed by atoms with van der Waals surface area (Å²) in [5.41, 5.74) is -0.683. The molecule has 2 saturated heterocycles. The Hall–Kier alpha value is -2.46. The molecule has 0 bridgehead atoms. The maximum Gasteiger partial charge on any atom is 0.317 e. The first-order chi connectivity index (χ1) is 15.8. The summed E-state index contributed by atoms with van der Waals surface area (Å²) in [5.74, 6) is 0.352. The van der Waals surface area contributed by atoms with E-state index in [0.29, 0.717) is 32.0 Å². The molecular formula is C23H37N7O3. The number of urea groups is 1. The summed E-state index contributed by atoms with van der Waals surface area (Å²) in [6, 6.07) is 0.00327. The standard InChI is InChI=1S/C23H37N7O3/c1-17(2)25-22(33)30-10-6-23(16-30)5-9-29-15-18(20(32)26-21(23)29)19(31)24-7-4-8-28-13-11-27(3)12-14-28/h15,17H,4-14,16H2,1-3H3,(H,24,31)(H,25,33)/t23-/m1/s1. The predicted molar refractivity (Wildman–Crippen MR) is 126 cm³/mol.